The molecule has 1 saturated heterocycles. The maximum absolute atomic E-state index is 14.5. The molecule has 1 N–H and O–H groups in total. The van der Waals surface area contributed by atoms with Crippen molar-refractivity contribution < 1.29 is 18.8 Å². The second kappa shape index (κ2) is 11.4. The average molecular weight is 612 g/mol. The first kappa shape index (κ1) is 30.4. The Hall–Kier alpha value is -4.59. The maximum Gasteiger partial charge on any atom is 0.302 e. The van der Waals surface area contributed by atoms with Crippen LogP contribution >= 0.6 is 0 Å². The Balaban J connectivity index is 1.32. The molecule has 3 aromatic rings. The van der Waals surface area contributed by atoms with Gasteiger partial charge in [-0.15, -0.1) is 5.10 Å². The normalized spacial score (nSPS) is 22.1. The third-order valence-corrected chi connectivity index (χ3v) is 9.26. The summed E-state index contributed by atoms with van der Waals surface area (Å²) in [5.41, 5.74) is 1.67. The number of carbonyl (C=O) groups excluding carboxylic acids is 3. The molecule has 234 valence electrons. The Morgan fingerprint density at radius 1 is 1.18 bits per heavy atom. The summed E-state index contributed by atoms with van der Waals surface area (Å²) in [7, 11) is 1.61. The summed E-state index contributed by atoms with van der Waals surface area (Å²) in [5, 5.41) is 11.6. The summed E-state index contributed by atoms with van der Waals surface area (Å²) in [6, 6.07) is 11.7. The molecule has 1 saturated carbocycles. The van der Waals surface area contributed by atoms with Crippen LogP contribution in [0.2, 0.25) is 0 Å². The SMILES string of the molecule is [C-]#[N+][C@@H]1C[C@@]2(CN1C(=O)[C@H](CC(C)(C)C)N(C)C(=O)[C@H](Cc1ccc(F)cc1)n1cc(C3CC3)nn1)C(=O)Nc1ccccc12. The summed E-state index contributed by atoms with van der Waals surface area (Å²) in [6.07, 6.45) is 3.74. The van der Waals surface area contributed by atoms with Gasteiger partial charge in [0.1, 0.15) is 23.3 Å². The zero-order chi connectivity index (χ0) is 32.1. The zero-order valence-electron chi connectivity index (χ0n) is 26.0. The van der Waals surface area contributed by atoms with Crippen LogP contribution < -0.4 is 5.32 Å². The van der Waals surface area contributed by atoms with E-state index in [2.05, 4.69) is 20.5 Å². The Kier molecular flexibility index (Phi) is 7.71. The van der Waals surface area contributed by atoms with Crippen LogP contribution in [-0.4, -0.2) is 68.3 Å². The summed E-state index contributed by atoms with van der Waals surface area (Å²) in [4.78, 5) is 49.1. The molecule has 3 amide bonds. The molecule has 0 radical (unpaired) electrons. The molecule has 6 rings (SSSR count). The van der Waals surface area contributed by atoms with Gasteiger partial charge in [-0.2, -0.15) is 0 Å². The molecule has 1 aromatic heterocycles. The smallest absolute Gasteiger partial charge is 0.302 e. The fourth-order valence-electron chi connectivity index (χ4n) is 6.65. The van der Waals surface area contributed by atoms with Gasteiger partial charge in [0.05, 0.1) is 12.1 Å². The van der Waals surface area contributed by atoms with Crippen LogP contribution in [0.5, 0.6) is 0 Å². The van der Waals surface area contributed by atoms with E-state index in [9.17, 15) is 18.8 Å². The van der Waals surface area contributed by atoms with E-state index >= 15 is 0 Å². The number of amides is 3. The minimum Gasteiger partial charge on any atom is -0.332 e. The fraction of sp³-hybridized carbons (Fsp3) is 0.471. The van der Waals surface area contributed by atoms with E-state index in [1.807, 2.05) is 45.0 Å². The highest BCUT2D eigenvalue weighted by Crippen LogP contribution is 2.47. The molecule has 10 nitrogen and oxygen atoms in total. The van der Waals surface area contributed by atoms with Crippen LogP contribution in [0.25, 0.3) is 4.85 Å². The van der Waals surface area contributed by atoms with Gasteiger partial charge in [0, 0.05) is 37.8 Å². The largest absolute Gasteiger partial charge is 0.332 e. The van der Waals surface area contributed by atoms with Crippen LogP contribution in [0, 0.1) is 17.8 Å². The van der Waals surface area contributed by atoms with Crippen molar-refractivity contribution in [2.24, 2.45) is 5.41 Å². The van der Waals surface area contributed by atoms with Crippen LogP contribution in [0.1, 0.15) is 75.2 Å². The molecule has 2 aliphatic heterocycles. The number of halogens is 1. The van der Waals surface area contributed by atoms with Crippen molar-refractivity contribution in [2.75, 3.05) is 18.9 Å². The molecule has 1 aliphatic carbocycles. The lowest BCUT2D eigenvalue weighted by Crippen LogP contribution is -2.53. The molecule has 11 heteroatoms. The molecular formula is C34H38FN7O3. The Morgan fingerprint density at radius 3 is 2.56 bits per heavy atom. The van der Waals surface area contributed by atoms with Gasteiger partial charge in [0.25, 0.3) is 5.91 Å². The van der Waals surface area contributed by atoms with Gasteiger partial charge in [-0.3, -0.25) is 24.1 Å². The zero-order valence-corrected chi connectivity index (χ0v) is 26.0. The third-order valence-electron chi connectivity index (χ3n) is 9.26. The summed E-state index contributed by atoms with van der Waals surface area (Å²) in [6.45, 7) is 14.0. The first-order valence-electron chi connectivity index (χ1n) is 15.4. The number of likely N-dealkylation sites (N-methyl/N-ethyl adjacent to an activating group) is 1. The molecule has 4 atom stereocenters. The Morgan fingerprint density at radius 2 is 1.89 bits per heavy atom. The van der Waals surface area contributed by atoms with Gasteiger partial charge in [0.2, 0.25) is 11.8 Å². The molecule has 45 heavy (non-hydrogen) atoms. The first-order valence-corrected chi connectivity index (χ1v) is 15.4. The molecule has 2 aromatic carbocycles. The number of aromatic nitrogens is 3. The number of nitrogens with zero attached hydrogens (tertiary/aromatic N) is 6. The minimum absolute atomic E-state index is 0.0528. The van der Waals surface area contributed by atoms with Gasteiger partial charge in [0.15, 0.2) is 0 Å². The number of anilines is 1. The molecule has 0 bridgehead atoms. The van der Waals surface area contributed by atoms with Gasteiger partial charge < -0.3 is 10.2 Å². The number of para-hydroxylation sites is 1. The standard InChI is InChI=1S/C34H38FN7O3/c1-33(2,3)17-28(31(44)41-20-34(18-29(41)36-4)24-8-6-7-9-25(24)37-32(34)45)40(5)30(43)27(16-21-10-14-23(35)15-11-21)42-19-26(38-39-42)22-12-13-22/h6-11,14-15,19,22,27-29H,12-13,16-18,20H2,1-3,5H3,(H,37,45)/t27-,28-,29-,34-/m0/s1. The number of hydrogen-bond donors (Lipinski definition) is 1. The van der Waals surface area contributed by atoms with E-state index in [1.54, 1.807) is 30.1 Å². The van der Waals surface area contributed by atoms with Crippen molar-refractivity contribution in [3.63, 3.8) is 0 Å². The van der Waals surface area contributed by atoms with Gasteiger partial charge in [-0.1, -0.05) is 56.3 Å². The number of nitrogens with one attached hydrogen (secondary N) is 1. The molecule has 3 aliphatic rings. The first-order chi connectivity index (χ1) is 21.4. The third kappa shape index (κ3) is 5.81. The van der Waals surface area contributed by atoms with Gasteiger partial charge >= 0.3 is 6.17 Å². The summed E-state index contributed by atoms with van der Waals surface area (Å²) in [5.74, 6) is -0.969. The van der Waals surface area contributed by atoms with Crippen LogP contribution in [0.3, 0.4) is 0 Å². The van der Waals surface area contributed by atoms with Crippen molar-refractivity contribution in [3.05, 3.63) is 88.8 Å². The quantitative estimate of drug-likeness (QED) is 0.372. The Labute approximate surface area is 262 Å². The van der Waals surface area contributed by atoms with Crippen LogP contribution in [0.15, 0.2) is 54.7 Å². The van der Waals surface area contributed by atoms with E-state index in [0.717, 1.165) is 29.7 Å². The second-order valence-electron chi connectivity index (χ2n) is 13.8. The van der Waals surface area contributed by atoms with Gasteiger partial charge in [-0.05, 0) is 54.0 Å². The number of benzene rings is 2. The number of likely N-dealkylation sites (tertiary alicyclic amines) is 1. The molecule has 0 unspecified atom stereocenters. The number of rotatable bonds is 8. The van der Waals surface area contributed by atoms with Gasteiger partial charge in [-0.25, -0.2) is 15.6 Å². The van der Waals surface area contributed by atoms with Crippen molar-refractivity contribution in [2.45, 2.75) is 82.5 Å². The lowest BCUT2D eigenvalue weighted by Gasteiger charge is -2.36. The molecule has 1 spiro atoms. The van der Waals surface area contributed by atoms with Crippen molar-refractivity contribution in [1.82, 2.24) is 24.8 Å². The minimum atomic E-state index is -1.03. The highest BCUT2D eigenvalue weighted by atomic mass is 19.1. The fourth-order valence-corrected chi connectivity index (χ4v) is 6.65. The number of fused-ring (bicyclic) bond motifs is 2. The summed E-state index contributed by atoms with van der Waals surface area (Å²) < 4.78 is 15.3. The van der Waals surface area contributed by atoms with E-state index in [-0.39, 0.29) is 48.3 Å². The number of carbonyl (C=O) groups is 3. The van der Waals surface area contributed by atoms with E-state index in [4.69, 9.17) is 6.57 Å². The maximum atomic E-state index is 14.5. The van der Waals surface area contributed by atoms with Crippen LogP contribution in [0.4, 0.5) is 10.1 Å². The predicted molar refractivity (Wildman–Crippen MR) is 165 cm³/mol. The average Bonchev–Trinajstić information content (AvgIpc) is 3.50. The van der Waals surface area contributed by atoms with E-state index in [0.29, 0.717) is 18.0 Å². The lowest BCUT2D eigenvalue weighted by atomic mass is 9.80. The monoisotopic (exact) mass is 611 g/mol. The number of hydrogen-bond acceptors (Lipinski definition) is 5. The predicted octanol–water partition coefficient (Wildman–Crippen LogP) is 4.71. The highest BCUT2D eigenvalue weighted by molar-refractivity contribution is 6.07. The lowest BCUT2D eigenvalue weighted by molar-refractivity contribution is -0.148. The van der Waals surface area contributed by atoms with Crippen molar-refractivity contribution in [1.29, 1.82) is 0 Å². The molecular weight excluding hydrogens is 573 g/mol. The summed E-state index contributed by atoms with van der Waals surface area (Å²) >= 11 is 0. The topological polar surface area (TPSA) is 105 Å². The van der Waals surface area contributed by atoms with E-state index in [1.165, 1.54) is 21.9 Å². The van der Waals surface area contributed by atoms with Crippen molar-refractivity contribution >= 4 is 23.4 Å². The van der Waals surface area contributed by atoms with Crippen molar-refractivity contribution in [3.8, 4) is 0 Å². The second-order valence-corrected chi connectivity index (χ2v) is 13.8. The molecule has 3 heterocycles. The van der Waals surface area contributed by atoms with E-state index < -0.39 is 23.7 Å². The Bertz CT molecular complexity index is 1670. The molecule has 2 fully saturated rings. The van der Waals surface area contributed by atoms with Crippen LogP contribution in [-0.2, 0) is 26.2 Å². The highest BCUT2D eigenvalue weighted by Gasteiger charge is 2.59.